The zero-order valence-corrected chi connectivity index (χ0v) is 11.2. The maximum atomic E-state index is 12.7. The smallest absolute Gasteiger partial charge is 0.416 e. The lowest BCUT2D eigenvalue weighted by molar-refractivity contribution is -0.138. The molecule has 5 nitrogen and oxygen atoms in total. The number of aliphatic carboxylic acids is 1. The number of carbonyl (C=O) groups is 2. The van der Waals surface area contributed by atoms with Crippen LogP contribution in [0.5, 0.6) is 0 Å². The number of halogens is 3. The summed E-state index contributed by atoms with van der Waals surface area (Å²) >= 11 is 0. The maximum Gasteiger partial charge on any atom is 0.416 e. The van der Waals surface area contributed by atoms with E-state index in [1.54, 1.807) is 0 Å². The normalized spacial score (nSPS) is 17.3. The van der Waals surface area contributed by atoms with E-state index in [-0.39, 0.29) is 30.5 Å². The molecule has 0 saturated carbocycles. The van der Waals surface area contributed by atoms with E-state index in [1.165, 1.54) is 0 Å². The minimum atomic E-state index is -4.56. The largest absolute Gasteiger partial charge is 0.481 e. The molecule has 1 heterocycles. The van der Waals surface area contributed by atoms with Gasteiger partial charge in [0.1, 0.15) is 6.04 Å². The third kappa shape index (κ3) is 2.88. The van der Waals surface area contributed by atoms with Crippen LogP contribution in [0.4, 0.5) is 13.2 Å². The van der Waals surface area contributed by atoms with Gasteiger partial charge in [0.15, 0.2) is 0 Å². The molecule has 1 aliphatic rings. The highest BCUT2D eigenvalue weighted by atomic mass is 19.4. The first-order valence-electron chi connectivity index (χ1n) is 6.39. The Morgan fingerprint density at radius 2 is 2.09 bits per heavy atom. The minimum absolute atomic E-state index is 0.000604. The van der Waals surface area contributed by atoms with Crippen molar-refractivity contribution >= 4 is 11.9 Å². The average Bonchev–Trinajstić information content (AvgIpc) is 2.70. The Kier molecular flexibility index (Phi) is 4.08. The van der Waals surface area contributed by atoms with Gasteiger partial charge < -0.3 is 10.0 Å². The molecule has 116 valence electrons. The Morgan fingerprint density at radius 3 is 2.64 bits per heavy atom. The van der Waals surface area contributed by atoms with Crippen molar-refractivity contribution in [2.45, 2.75) is 25.1 Å². The van der Waals surface area contributed by atoms with E-state index in [9.17, 15) is 22.8 Å². The lowest BCUT2D eigenvalue weighted by atomic mass is 10.0. The molecule has 1 aromatic carbocycles. The van der Waals surface area contributed by atoms with Crippen LogP contribution in [0.25, 0.3) is 0 Å². The number of carboxylic acids is 1. The Balaban J connectivity index is 2.30. The Morgan fingerprint density at radius 1 is 1.41 bits per heavy atom. The molecule has 0 fully saturated rings. The topological polar surface area (TPSA) is 81.4 Å². The Hall–Kier alpha value is -2.56. The summed E-state index contributed by atoms with van der Waals surface area (Å²) in [6, 6.07) is 3.34. The van der Waals surface area contributed by atoms with Gasteiger partial charge in [-0.1, -0.05) is 0 Å². The molecule has 0 saturated heterocycles. The molecular weight excluding hydrogens is 301 g/mol. The van der Waals surface area contributed by atoms with Crippen molar-refractivity contribution in [3.63, 3.8) is 0 Å². The molecule has 1 unspecified atom stereocenters. The maximum absolute atomic E-state index is 12.7. The summed E-state index contributed by atoms with van der Waals surface area (Å²) in [7, 11) is 0. The summed E-state index contributed by atoms with van der Waals surface area (Å²) in [5.74, 6) is -1.60. The van der Waals surface area contributed by atoms with Gasteiger partial charge in [0.05, 0.1) is 11.6 Å². The fourth-order valence-corrected chi connectivity index (χ4v) is 2.37. The van der Waals surface area contributed by atoms with Gasteiger partial charge in [-0.2, -0.15) is 18.4 Å². The predicted octanol–water partition coefficient (Wildman–Crippen LogP) is 2.59. The van der Waals surface area contributed by atoms with Gasteiger partial charge in [0.25, 0.3) is 5.91 Å². The number of carboxylic acid groups (broad SMARTS) is 1. The third-order valence-electron chi connectivity index (χ3n) is 3.39. The van der Waals surface area contributed by atoms with Crippen molar-refractivity contribution in [3.05, 3.63) is 34.9 Å². The second-order valence-corrected chi connectivity index (χ2v) is 4.83. The minimum Gasteiger partial charge on any atom is -0.481 e. The standard InChI is InChI=1S/C14H11F3N2O3/c15-14(16,17)8-3-4-9-10(6-8)11(7-18)19(13(9)22)5-1-2-12(20)21/h3-4,6,11H,1-2,5H2,(H,20,21). The molecule has 0 bridgehead atoms. The van der Waals surface area contributed by atoms with Crippen LogP contribution >= 0.6 is 0 Å². The van der Waals surface area contributed by atoms with E-state index in [2.05, 4.69) is 0 Å². The van der Waals surface area contributed by atoms with E-state index < -0.39 is 29.7 Å². The first-order chi connectivity index (χ1) is 10.3. The van der Waals surface area contributed by atoms with Gasteiger partial charge in [-0.3, -0.25) is 9.59 Å². The lowest BCUT2D eigenvalue weighted by Crippen LogP contribution is -2.28. The van der Waals surface area contributed by atoms with Crippen molar-refractivity contribution < 1.29 is 27.9 Å². The van der Waals surface area contributed by atoms with Gasteiger partial charge in [-0.25, -0.2) is 0 Å². The molecule has 0 aliphatic carbocycles. The summed E-state index contributed by atoms with van der Waals surface area (Å²) in [5, 5.41) is 17.7. The zero-order valence-electron chi connectivity index (χ0n) is 11.2. The fourth-order valence-electron chi connectivity index (χ4n) is 2.37. The summed E-state index contributed by atoms with van der Waals surface area (Å²) in [4.78, 5) is 23.7. The highest BCUT2D eigenvalue weighted by molar-refractivity contribution is 5.99. The molecule has 2 rings (SSSR count). The zero-order chi connectivity index (χ0) is 16.5. The van der Waals surface area contributed by atoms with E-state index in [1.807, 2.05) is 6.07 Å². The Labute approximate surface area is 123 Å². The van der Waals surface area contributed by atoms with Crippen LogP contribution in [0.15, 0.2) is 18.2 Å². The number of hydrogen-bond donors (Lipinski definition) is 1. The monoisotopic (exact) mass is 312 g/mol. The van der Waals surface area contributed by atoms with Crippen molar-refractivity contribution in [1.29, 1.82) is 5.26 Å². The summed E-state index contributed by atoms with van der Waals surface area (Å²) in [6.07, 6.45) is -4.62. The van der Waals surface area contributed by atoms with Crippen molar-refractivity contribution in [2.75, 3.05) is 6.54 Å². The van der Waals surface area contributed by atoms with Crippen LogP contribution in [-0.4, -0.2) is 28.4 Å². The number of nitriles is 1. The summed E-state index contributed by atoms with van der Waals surface area (Å²) in [5.41, 5.74) is -0.862. The number of alkyl halides is 3. The van der Waals surface area contributed by atoms with Crippen LogP contribution in [0.2, 0.25) is 0 Å². The van der Waals surface area contributed by atoms with Crippen LogP contribution in [0.1, 0.15) is 40.4 Å². The van der Waals surface area contributed by atoms with Gasteiger partial charge in [-0.15, -0.1) is 0 Å². The van der Waals surface area contributed by atoms with Gasteiger partial charge in [-0.05, 0) is 24.6 Å². The average molecular weight is 312 g/mol. The third-order valence-corrected chi connectivity index (χ3v) is 3.39. The fraction of sp³-hybridized carbons (Fsp3) is 0.357. The summed E-state index contributed by atoms with van der Waals surface area (Å²) < 4.78 is 38.2. The van der Waals surface area contributed by atoms with Crippen molar-refractivity contribution in [2.24, 2.45) is 0 Å². The molecule has 0 spiro atoms. The van der Waals surface area contributed by atoms with Gasteiger partial charge in [0, 0.05) is 24.1 Å². The number of amides is 1. The number of hydrogen-bond acceptors (Lipinski definition) is 3. The molecule has 8 heteroatoms. The van der Waals surface area contributed by atoms with Crippen LogP contribution < -0.4 is 0 Å². The van der Waals surface area contributed by atoms with Crippen molar-refractivity contribution in [1.82, 2.24) is 4.90 Å². The number of carbonyl (C=O) groups excluding carboxylic acids is 1. The molecule has 0 radical (unpaired) electrons. The molecule has 1 aliphatic heterocycles. The molecule has 1 amide bonds. The van der Waals surface area contributed by atoms with E-state index in [4.69, 9.17) is 10.4 Å². The number of benzene rings is 1. The van der Waals surface area contributed by atoms with Gasteiger partial charge in [0.2, 0.25) is 0 Å². The van der Waals surface area contributed by atoms with E-state index >= 15 is 0 Å². The molecule has 1 N–H and O–H groups in total. The van der Waals surface area contributed by atoms with Crippen LogP contribution in [0.3, 0.4) is 0 Å². The molecular formula is C14H11F3N2O3. The predicted molar refractivity (Wildman–Crippen MR) is 67.7 cm³/mol. The SMILES string of the molecule is N#CC1c2cc(C(F)(F)F)ccc2C(=O)N1CCCC(=O)O. The van der Waals surface area contributed by atoms with E-state index in [0.717, 1.165) is 23.1 Å². The quantitative estimate of drug-likeness (QED) is 0.926. The van der Waals surface area contributed by atoms with Crippen LogP contribution in [-0.2, 0) is 11.0 Å². The second kappa shape index (κ2) is 5.67. The van der Waals surface area contributed by atoms with Crippen LogP contribution in [0, 0.1) is 11.3 Å². The summed E-state index contributed by atoms with van der Waals surface area (Å²) in [6.45, 7) is -0.000604. The number of fused-ring (bicyclic) bond motifs is 1. The number of nitrogens with zero attached hydrogens (tertiary/aromatic N) is 2. The first kappa shape index (κ1) is 15.8. The van der Waals surface area contributed by atoms with Gasteiger partial charge >= 0.3 is 12.1 Å². The molecule has 1 aromatic rings. The molecule has 0 aromatic heterocycles. The molecule has 1 atom stereocenters. The van der Waals surface area contributed by atoms with Crippen molar-refractivity contribution in [3.8, 4) is 6.07 Å². The molecule has 22 heavy (non-hydrogen) atoms. The Bertz CT molecular complexity index is 664. The highest BCUT2D eigenvalue weighted by Crippen LogP contribution is 2.38. The van der Waals surface area contributed by atoms with E-state index in [0.29, 0.717) is 0 Å². The second-order valence-electron chi connectivity index (χ2n) is 4.83. The lowest BCUT2D eigenvalue weighted by Gasteiger charge is -2.19. The highest BCUT2D eigenvalue weighted by Gasteiger charge is 2.39. The number of rotatable bonds is 4. The first-order valence-corrected chi connectivity index (χ1v) is 6.39.